The third-order valence-corrected chi connectivity index (χ3v) is 5.46. The summed E-state index contributed by atoms with van der Waals surface area (Å²) < 4.78 is 22.6. The highest BCUT2D eigenvalue weighted by Crippen LogP contribution is 2.39. The van der Waals surface area contributed by atoms with Crippen LogP contribution in [0, 0.1) is 11.3 Å². The van der Waals surface area contributed by atoms with E-state index in [0.717, 1.165) is 25.6 Å². The summed E-state index contributed by atoms with van der Waals surface area (Å²) in [7, 11) is -0.810. The van der Waals surface area contributed by atoms with Crippen LogP contribution in [0.3, 0.4) is 0 Å². The molecule has 4 nitrogen and oxygen atoms in total. The van der Waals surface area contributed by atoms with E-state index in [4.69, 9.17) is 0 Å². The zero-order chi connectivity index (χ0) is 15.2. The molecule has 0 aromatic rings. The van der Waals surface area contributed by atoms with Gasteiger partial charge in [0.05, 0.1) is 5.75 Å². The van der Waals surface area contributed by atoms with E-state index in [1.807, 2.05) is 0 Å². The smallest absolute Gasteiger partial charge is 0.148 e. The van der Waals surface area contributed by atoms with E-state index < -0.39 is 9.84 Å². The van der Waals surface area contributed by atoms with Crippen molar-refractivity contribution >= 4 is 9.84 Å². The first-order valence-corrected chi connectivity index (χ1v) is 9.89. The van der Waals surface area contributed by atoms with E-state index in [2.05, 4.69) is 31.1 Å². The van der Waals surface area contributed by atoms with Crippen LogP contribution in [-0.4, -0.2) is 58.6 Å². The van der Waals surface area contributed by atoms with Crippen molar-refractivity contribution in [2.45, 2.75) is 39.5 Å². The highest BCUT2D eigenvalue weighted by molar-refractivity contribution is 7.90. The average molecular weight is 305 g/mol. The van der Waals surface area contributed by atoms with E-state index in [1.54, 1.807) is 0 Å². The van der Waals surface area contributed by atoms with Crippen molar-refractivity contribution in [1.82, 2.24) is 10.2 Å². The van der Waals surface area contributed by atoms with Gasteiger partial charge < -0.3 is 10.2 Å². The van der Waals surface area contributed by atoms with Gasteiger partial charge in [-0.2, -0.15) is 0 Å². The van der Waals surface area contributed by atoms with Gasteiger partial charge in [0.2, 0.25) is 0 Å². The maximum atomic E-state index is 11.3. The van der Waals surface area contributed by atoms with Gasteiger partial charge in [-0.3, -0.25) is 0 Å². The maximum absolute atomic E-state index is 11.3. The number of hydrogen-bond acceptors (Lipinski definition) is 4. The number of hydrogen-bond donors (Lipinski definition) is 1. The molecule has 0 unspecified atom stereocenters. The van der Waals surface area contributed by atoms with Crippen molar-refractivity contribution < 1.29 is 8.42 Å². The van der Waals surface area contributed by atoms with Gasteiger partial charge in [0.25, 0.3) is 0 Å². The largest absolute Gasteiger partial charge is 0.316 e. The lowest BCUT2D eigenvalue weighted by Crippen LogP contribution is -2.46. The molecule has 0 spiro atoms. The number of nitrogens with one attached hydrogen (secondary N) is 1. The molecule has 1 fully saturated rings. The molecular weight excluding hydrogens is 272 g/mol. The summed E-state index contributed by atoms with van der Waals surface area (Å²) >= 11 is 0. The summed E-state index contributed by atoms with van der Waals surface area (Å²) in [5.74, 6) is 1.10. The molecule has 0 bridgehead atoms. The molecule has 1 rings (SSSR count). The van der Waals surface area contributed by atoms with E-state index in [0.29, 0.717) is 12.0 Å². The molecule has 0 aliphatic heterocycles. The lowest BCUT2D eigenvalue weighted by atomic mass is 9.70. The minimum absolute atomic E-state index is 0.261. The van der Waals surface area contributed by atoms with Crippen LogP contribution in [0.1, 0.15) is 39.5 Å². The standard InChI is InChI=1S/C15H32N2O2S/c1-5-16-12-15(8-6-14(2)7-9-15)13-17(3)10-11-20(4,18)19/h14,16H,5-13H2,1-4H3. The fourth-order valence-corrected chi connectivity index (χ4v) is 3.77. The second-order valence-electron chi connectivity index (χ2n) is 6.83. The first kappa shape index (κ1) is 17.9. The SMILES string of the molecule is CCNCC1(CN(C)CCS(C)(=O)=O)CCC(C)CC1. The molecule has 0 heterocycles. The molecule has 1 aliphatic carbocycles. The summed E-state index contributed by atoms with van der Waals surface area (Å²) in [6, 6.07) is 0. The molecule has 1 aliphatic rings. The van der Waals surface area contributed by atoms with Crippen LogP contribution in [-0.2, 0) is 9.84 Å². The molecule has 1 saturated carbocycles. The fraction of sp³-hybridized carbons (Fsp3) is 1.00. The Labute approximate surface area is 125 Å². The number of sulfone groups is 1. The molecule has 5 heteroatoms. The van der Waals surface area contributed by atoms with Gasteiger partial charge in [0.1, 0.15) is 9.84 Å². The third kappa shape index (κ3) is 6.55. The fourth-order valence-electron chi connectivity index (χ4n) is 3.13. The van der Waals surface area contributed by atoms with Gasteiger partial charge in [-0.05, 0) is 37.8 Å². The molecular formula is C15H32N2O2S. The van der Waals surface area contributed by atoms with Crippen LogP contribution in [0.5, 0.6) is 0 Å². The van der Waals surface area contributed by atoms with E-state index in [-0.39, 0.29) is 5.75 Å². The molecule has 0 radical (unpaired) electrons. The Hall–Kier alpha value is -0.130. The van der Waals surface area contributed by atoms with Crippen molar-refractivity contribution in [3.63, 3.8) is 0 Å². The molecule has 0 aromatic carbocycles. The average Bonchev–Trinajstić information content (AvgIpc) is 2.37. The van der Waals surface area contributed by atoms with Crippen LogP contribution in [0.25, 0.3) is 0 Å². The first-order chi connectivity index (χ1) is 9.26. The number of nitrogens with zero attached hydrogens (tertiary/aromatic N) is 1. The van der Waals surface area contributed by atoms with Gasteiger partial charge in [0.15, 0.2) is 0 Å². The minimum Gasteiger partial charge on any atom is -0.316 e. The first-order valence-electron chi connectivity index (χ1n) is 7.83. The quantitative estimate of drug-likeness (QED) is 0.742. The summed E-state index contributed by atoms with van der Waals surface area (Å²) in [4.78, 5) is 2.20. The van der Waals surface area contributed by atoms with Gasteiger partial charge in [-0.15, -0.1) is 0 Å². The van der Waals surface area contributed by atoms with Gasteiger partial charge in [-0.25, -0.2) is 8.42 Å². The highest BCUT2D eigenvalue weighted by Gasteiger charge is 2.34. The van der Waals surface area contributed by atoms with Crippen LogP contribution < -0.4 is 5.32 Å². The second kappa shape index (κ2) is 7.76. The predicted octanol–water partition coefficient (Wildman–Crippen LogP) is 1.77. The summed E-state index contributed by atoms with van der Waals surface area (Å²) in [5, 5.41) is 3.51. The van der Waals surface area contributed by atoms with Crippen molar-refractivity contribution in [2.75, 3.05) is 45.2 Å². The molecule has 0 atom stereocenters. The lowest BCUT2D eigenvalue weighted by molar-refractivity contribution is 0.102. The molecule has 120 valence electrons. The highest BCUT2D eigenvalue weighted by atomic mass is 32.2. The zero-order valence-electron chi connectivity index (χ0n) is 13.6. The third-order valence-electron chi connectivity index (χ3n) is 4.53. The number of rotatable bonds is 8. The maximum Gasteiger partial charge on any atom is 0.148 e. The van der Waals surface area contributed by atoms with Crippen molar-refractivity contribution in [1.29, 1.82) is 0 Å². The Bertz CT molecular complexity index is 368. The Kier molecular flexibility index (Phi) is 6.95. The molecule has 20 heavy (non-hydrogen) atoms. The van der Waals surface area contributed by atoms with E-state index in [9.17, 15) is 8.42 Å². The van der Waals surface area contributed by atoms with Gasteiger partial charge in [-0.1, -0.05) is 26.7 Å². The monoisotopic (exact) mass is 304 g/mol. The minimum atomic E-state index is -2.86. The van der Waals surface area contributed by atoms with Crippen molar-refractivity contribution in [2.24, 2.45) is 11.3 Å². The summed E-state index contributed by atoms with van der Waals surface area (Å²) in [5.41, 5.74) is 0.328. The Morgan fingerprint density at radius 1 is 1.30 bits per heavy atom. The van der Waals surface area contributed by atoms with Crippen LogP contribution in [0.4, 0.5) is 0 Å². The molecule has 0 aromatic heterocycles. The second-order valence-corrected chi connectivity index (χ2v) is 9.09. The Balaban J connectivity index is 2.55. The van der Waals surface area contributed by atoms with E-state index in [1.165, 1.54) is 31.9 Å². The van der Waals surface area contributed by atoms with Crippen molar-refractivity contribution in [3.05, 3.63) is 0 Å². The molecule has 0 saturated heterocycles. The van der Waals surface area contributed by atoms with Crippen LogP contribution in [0.2, 0.25) is 0 Å². The van der Waals surface area contributed by atoms with Crippen LogP contribution >= 0.6 is 0 Å². The zero-order valence-corrected chi connectivity index (χ0v) is 14.4. The topological polar surface area (TPSA) is 49.4 Å². The van der Waals surface area contributed by atoms with Crippen LogP contribution in [0.15, 0.2) is 0 Å². The Morgan fingerprint density at radius 2 is 1.90 bits per heavy atom. The predicted molar refractivity (Wildman–Crippen MR) is 85.8 cm³/mol. The summed E-state index contributed by atoms with van der Waals surface area (Å²) in [6.45, 7) is 8.19. The van der Waals surface area contributed by atoms with Crippen molar-refractivity contribution in [3.8, 4) is 0 Å². The molecule has 1 N–H and O–H groups in total. The van der Waals surface area contributed by atoms with E-state index >= 15 is 0 Å². The van der Waals surface area contributed by atoms with Gasteiger partial charge in [0, 0.05) is 25.9 Å². The lowest BCUT2D eigenvalue weighted by Gasteiger charge is -2.42. The molecule has 0 amide bonds. The normalized spacial score (nSPS) is 27.9. The summed E-state index contributed by atoms with van der Waals surface area (Å²) in [6.07, 6.45) is 6.42. The van der Waals surface area contributed by atoms with Gasteiger partial charge >= 0.3 is 0 Å². The Morgan fingerprint density at radius 3 is 2.40 bits per heavy atom.